The second kappa shape index (κ2) is 12.9. The first-order chi connectivity index (χ1) is 12.5. The maximum Gasteiger partial charge on any atom is 0.246 e. The third-order valence-corrected chi connectivity index (χ3v) is 5.19. The van der Waals surface area contributed by atoms with Crippen molar-refractivity contribution in [2.24, 2.45) is 5.92 Å². The Bertz CT molecular complexity index is 447. The molecular weight excluding hydrogens is 324 g/mol. The third-order valence-electron chi connectivity index (χ3n) is 5.19. The molecule has 0 spiro atoms. The molecule has 0 aromatic carbocycles. The van der Waals surface area contributed by atoms with Crippen LogP contribution in [0.15, 0.2) is 12.2 Å². The predicted molar refractivity (Wildman–Crippen MR) is 109 cm³/mol. The highest BCUT2D eigenvalue weighted by molar-refractivity contribution is 5.93. The number of nitrogens with zero attached hydrogens (tertiary/aromatic N) is 1. The number of hydrogen-bond acceptors (Lipinski definition) is 2. The zero-order valence-corrected chi connectivity index (χ0v) is 17.4. The molecule has 0 aliphatic carbocycles. The lowest BCUT2D eigenvalue weighted by atomic mass is 10.0. The van der Waals surface area contributed by atoms with E-state index in [1.54, 1.807) is 11.0 Å². The van der Waals surface area contributed by atoms with Crippen molar-refractivity contribution in [1.82, 2.24) is 10.2 Å². The van der Waals surface area contributed by atoms with Gasteiger partial charge in [-0.3, -0.25) is 9.59 Å². The van der Waals surface area contributed by atoms with Gasteiger partial charge in [-0.2, -0.15) is 0 Å². The summed E-state index contributed by atoms with van der Waals surface area (Å²) in [6.07, 6.45) is 14.9. The number of likely N-dealkylation sites (tertiary alicyclic amines) is 1. The van der Waals surface area contributed by atoms with E-state index in [4.69, 9.17) is 0 Å². The maximum atomic E-state index is 12.7. The first-order valence-corrected chi connectivity index (χ1v) is 10.8. The molecular formula is C22H40N2O2. The van der Waals surface area contributed by atoms with E-state index in [0.29, 0.717) is 12.5 Å². The zero-order chi connectivity index (χ0) is 19.4. The van der Waals surface area contributed by atoms with E-state index in [9.17, 15) is 9.59 Å². The molecule has 1 aliphatic rings. The molecule has 0 bridgehead atoms. The number of carbonyl (C=O) groups is 2. The summed E-state index contributed by atoms with van der Waals surface area (Å²) < 4.78 is 0. The number of nitrogens with one attached hydrogen (secondary N) is 1. The van der Waals surface area contributed by atoms with Crippen LogP contribution >= 0.6 is 0 Å². The normalized spacial score (nSPS) is 21.3. The van der Waals surface area contributed by atoms with E-state index < -0.39 is 0 Å². The van der Waals surface area contributed by atoms with Crippen molar-refractivity contribution in [2.75, 3.05) is 6.54 Å². The summed E-state index contributed by atoms with van der Waals surface area (Å²) in [5.74, 6) is 0.375. The average Bonchev–Trinajstić information content (AvgIpc) is 3.00. The lowest BCUT2D eigenvalue weighted by Crippen LogP contribution is -2.47. The van der Waals surface area contributed by atoms with Gasteiger partial charge in [-0.1, -0.05) is 71.8 Å². The molecule has 1 heterocycles. The summed E-state index contributed by atoms with van der Waals surface area (Å²) in [6, 6.07) is -0.132. The van der Waals surface area contributed by atoms with Crippen LogP contribution in [0.2, 0.25) is 0 Å². The molecule has 1 N–H and O–H groups in total. The average molecular weight is 365 g/mol. The van der Waals surface area contributed by atoms with E-state index in [1.165, 1.54) is 32.1 Å². The Labute approximate surface area is 160 Å². The van der Waals surface area contributed by atoms with E-state index in [-0.39, 0.29) is 23.9 Å². The number of hydrogen-bond donors (Lipinski definition) is 1. The second-order valence-corrected chi connectivity index (χ2v) is 8.00. The summed E-state index contributed by atoms with van der Waals surface area (Å²) in [7, 11) is 0. The molecule has 3 atom stereocenters. The van der Waals surface area contributed by atoms with Crippen molar-refractivity contribution in [2.45, 2.75) is 104 Å². The molecule has 2 unspecified atom stereocenters. The van der Waals surface area contributed by atoms with E-state index >= 15 is 0 Å². The van der Waals surface area contributed by atoms with Gasteiger partial charge in [0.05, 0.1) is 0 Å². The first-order valence-electron chi connectivity index (χ1n) is 10.8. The summed E-state index contributed by atoms with van der Waals surface area (Å²) in [5, 5.41) is 3.14. The largest absolute Gasteiger partial charge is 0.352 e. The Kier molecular flexibility index (Phi) is 11.3. The minimum absolute atomic E-state index is 0.0186. The van der Waals surface area contributed by atoms with Gasteiger partial charge in [-0.05, 0) is 38.2 Å². The first kappa shape index (κ1) is 22.7. The standard InChI is InChI=1S/C22H40N2O2/c1-5-7-9-10-11-13-14-19(4)23-22(26)20-16-18(3)17-24(20)21(25)15-12-8-6-2/h12,15,18-20H,5-11,13-14,16-17H2,1-4H3,(H,23,26)/b15-12+/t18?,19?,20-/m0/s1. The number of unbranched alkanes of at least 4 members (excludes halogenated alkanes) is 6. The molecule has 26 heavy (non-hydrogen) atoms. The van der Waals surface area contributed by atoms with Gasteiger partial charge in [0.2, 0.25) is 11.8 Å². The lowest BCUT2D eigenvalue weighted by molar-refractivity contribution is -0.135. The monoisotopic (exact) mass is 364 g/mol. The molecule has 4 heteroatoms. The van der Waals surface area contributed by atoms with E-state index in [2.05, 4.69) is 33.0 Å². The quantitative estimate of drug-likeness (QED) is 0.398. The fourth-order valence-corrected chi connectivity index (χ4v) is 3.63. The van der Waals surface area contributed by atoms with Crippen LogP contribution in [0.3, 0.4) is 0 Å². The summed E-state index contributed by atoms with van der Waals surface area (Å²) in [6.45, 7) is 9.20. The van der Waals surface area contributed by atoms with Crippen LogP contribution in [-0.2, 0) is 9.59 Å². The summed E-state index contributed by atoms with van der Waals surface area (Å²) in [5.41, 5.74) is 0. The molecule has 1 aliphatic heterocycles. The molecule has 1 saturated heterocycles. The predicted octanol–water partition coefficient (Wildman–Crippen LogP) is 4.84. The van der Waals surface area contributed by atoms with Gasteiger partial charge in [0.1, 0.15) is 6.04 Å². The molecule has 2 amide bonds. The Hall–Kier alpha value is -1.32. The van der Waals surface area contributed by atoms with Crippen molar-refractivity contribution in [1.29, 1.82) is 0 Å². The molecule has 0 saturated carbocycles. The van der Waals surface area contributed by atoms with Crippen molar-refractivity contribution in [3.05, 3.63) is 12.2 Å². The molecule has 4 nitrogen and oxygen atoms in total. The van der Waals surface area contributed by atoms with Crippen molar-refractivity contribution in [3.63, 3.8) is 0 Å². The smallest absolute Gasteiger partial charge is 0.246 e. The van der Waals surface area contributed by atoms with Crippen LogP contribution in [0.5, 0.6) is 0 Å². The number of allylic oxidation sites excluding steroid dienone is 1. The van der Waals surface area contributed by atoms with Gasteiger partial charge in [-0.25, -0.2) is 0 Å². The number of carbonyl (C=O) groups excluding carboxylic acids is 2. The topological polar surface area (TPSA) is 49.4 Å². The Morgan fingerprint density at radius 3 is 2.50 bits per heavy atom. The molecule has 0 aromatic rings. The van der Waals surface area contributed by atoms with Crippen LogP contribution in [-0.4, -0.2) is 35.3 Å². The summed E-state index contributed by atoms with van der Waals surface area (Å²) in [4.78, 5) is 26.9. The Morgan fingerprint density at radius 1 is 1.12 bits per heavy atom. The minimum atomic E-state index is -0.309. The van der Waals surface area contributed by atoms with Crippen LogP contribution in [0, 0.1) is 5.92 Å². The van der Waals surface area contributed by atoms with Crippen LogP contribution < -0.4 is 5.32 Å². The van der Waals surface area contributed by atoms with Gasteiger partial charge in [-0.15, -0.1) is 0 Å². The van der Waals surface area contributed by atoms with Gasteiger partial charge in [0, 0.05) is 12.6 Å². The molecule has 0 aromatic heterocycles. The van der Waals surface area contributed by atoms with Gasteiger partial charge < -0.3 is 10.2 Å². The van der Waals surface area contributed by atoms with Crippen molar-refractivity contribution >= 4 is 11.8 Å². The molecule has 150 valence electrons. The highest BCUT2D eigenvalue weighted by Gasteiger charge is 2.37. The summed E-state index contributed by atoms with van der Waals surface area (Å²) >= 11 is 0. The third kappa shape index (κ3) is 8.37. The van der Waals surface area contributed by atoms with Crippen LogP contribution in [0.25, 0.3) is 0 Å². The van der Waals surface area contributed by atoms with Crippen molar-refractivity contribution < 1.29 is 9.59 Å². The van der Waals surface area contributed by atoms with Gasteiger partial charge in [0.15, 0.2) is 0 Å². The minimum Gasteiger partial charge on any atom is -0.352 e. The Morgan fingerprint density at radius 2 is 1.81 bits per heavy atom. The van der Waals surface area contributed by atoms with Crippen LogP contribution in [0.1, 0.15) is 91.9 Å². The zero-order valence-electron chi connectivity index (χ0n) is 17.4. The number of rotatable bonds is 12. The van der Waals surface area contributed by atoms with Crippen LogP contribution in [0.4, 0.5) is 0 Å². The van der Waals surface area contributed by atoms with Crippen molar-refractivity contribution in [3.8, 4) is 0 Å². The second-order valence-electron chi connectivity index (χ2n) is 8.00. The van der Waals surface area contributed by atoms with E-state index in [1.807, 2.05) is 6.08 Å². The molecule has 1 fully saturated rings. The fourth-order valence-electron chi connectivity index (χ4n) is 3.63. The highest BCUT2D eigenvalue weighted by atomic mass is 16.2. The van der Waals surface area contributed by atoms with Gasteiger partial charge in [0.25, 0.3) is 0 Å². The van der Waals surface area contributed by atoms with Gasteiger partial charge >= 0.3 is 0 Å². The molecule has 1 rings (SSSR count). The lowest BCUT2D eigenvalue weighted by Gasteiger charge is -2.24. The molecule has 0 radical (unpaired) electrons. The maximum absolute atomic E-state index is 12.7. The highest BCUT2D eigenvalue weighted by Crippen LogP contribution is 2.23. The SMILES string of the molecule is CCC/C=C/C(=O)N1CC(C)C[C@H]1C(=O)NC(C)CCCCCCCC. The fraction of sp³-hybridized carbons (Fsp3) is 0.818. The Balaban J connectivity index is 2.41. The van der Waals surface area contributed by atoms with E-state index in [0.717, 1.165) is 32.1 Å². The number of amides is 2.